The summed E-state index contributed by atoms with van der Waals surface area (Å²) in [4.78, 5) is 296. The van der Waals surface area contributed by atoms with Crippen molar-refractivity contribution in [3.8, 4) is 0 Å². The number of para-hydroxylation sites is 2. The first-order valence-corrected chi connectivity index (χ1v) is 41.0. The summed E-state index contributed by atoms with van der Waals surface area (Å²) in [5, 5.41) is 64.5. The zero-order valence-electron chi connectivity index (χ0n) is 73.7. The maximum Gasteiger partial charge on any atom is 0.326 e. The highest BCUT2D eigenvalue weighted by molar-refractivity contribution is 6.05. The third-order valence-corrected chi connectivity index (χ3v) is 20.1. The highest BCUT2D eigenvalue weighted by Gasteiger charge is 2.40. The van der Waals surface area contributed by atoms with E-state index in [4.69, 9.17) is 36.6 Å². The topological polar surface area (TPSA) is 702 Å². The van der Waals surface area contributed by atoms with E-state index in [1.54, 1.807) is 30.5 Å². The number of Topliss-reactive ketones (excluding diaryl/α,β-unsaturated/α-hetero) is 1. The van der Waals surface area contributed by atoms with Crippen LogP contribution >= 0.6 is 0 Å². The van der Waals surface area contributed by atoms with Crippen molar-refractivity contribution >= 4 is 135 Å². The lowest BCUT2D eigenvalue weighted by molar-refractivity contribution is -0.170. The molecule has 0 saturated heterocycles. The third kappa shape index (κ3) is 37.3. The third-order valence-electron chi connectivity index (χ3n) is 20.1. The predicted octanol–water partition coefficient (Wildman–Crippen LogP) is -6.36. The second-order valence-electron chi connectivity index (χ2n) is 29.9. The number of rotatable bonds is 59. The molecule has 48 nitrogen and oxygen atoms in total. The number of carboxylic acid groups (broad SMARTS) is 1. The number of hydroxylamine groups is 8. The minimum atomic E-state index is -2.01. The zero-order valence-corrected chi connectivity index (χ0v) is 73.7. The number of nitrogens with two attached hydrogens (primary N) is 3. The molecule has 0 radical (unpaired) electrons. The van der Waals surface area contributed by atoms with Gasteiger partial charge < -0.3 is 107 Å². The number of carboxylic acids is 1. The number of unbranched alkanes of at least 4 members (excludes halogenated alkanes) is 6. The molecule has 0 saturated carbocycles. The number of nitrogen functional groups attached to an aromatic ring is 1. The van der Waals surface area contributed by atoms with Crippen LogP contribution in [-0.2, 0) is 117 Å². The van der Waals surface area contributed by atoms with E-state index in [2.05, 4.69) is 81.0 Å². The van der Waals surface area contributed by atoms with Gasteiger partial charge in [-0.05, 0) is 69.3 Å². The number of benzene rings is 2. The van der Waals surface area contributed by atoms with Crippen LogP contribution in [0.25, 0.3) is 10.9 Å². The Morgan fingerprint density at radius 3 is 1.39 bits per heavy atom. The summed E-state index contributed by atoms with van der Waals surface area (Å²) >= 11 is 0. The maximum atomic E-state index is 14.4. The number of nitrogens with one attached hydrogen (secondary N) is 14. The molecule has 710 valence electrons. The number of H-pyrrole nitrogens is 1. The molecule has 0 aliphatic heterocycles. The van der Waals surface area contributed by atoms with E-state index in [0.717, 1.165) is 107 Å². The molecule has 23 N–H and O–H groups in total. The van der Waals surface area contributed by atoms with E-state index >= 15 is 0 Å². The average molecular weight is 1810 g/mol. The highest BCUT2D eigenvalue weighted by Crippen LogP contribution is 2.22. The Kier molecular flexibility index (Phi) is 48.0. The van der Waals surface area contributed by atoms with E-state index in [9.17, 15) is 111 Å². The summed E-state index contributed by atoms with van der Waals surface area (Å²) in [6.45, 7) is 2.08. The second-order valence-corrected chi connectivity index (χ2v) is 29.9. The van der Waals surface area contributed by atoms with Gasteiger partial charge in [0.15, 0.2) is 5.78 Å². The largest absolute Gasteiger partial charge is 0.480 e. The first-order valence-electron chi connectivity index (χ1n) is 41.0. The number of carbonyl (C=O) groups excluding carboxylic acids is 19. The first kappa shape index (κ1) is 109. The smallest absolute Gasteiger partial charge is 0.326 e. The molecule has 2 aromatic carbocycles. The Morgan fingerprint density at radius 1 is 0.445 bits per heavy atom. The van der Waals surface area contributed by atoms with Crippen molar-refractivity contribution in [2.75, 3.05) is 88.6 Å². The lowest BCUT2D eigenvalue weighted by atomic mass is 9.95. The van der Waals surface area contributed by atoms with Gasteiger partial charge in [0.25, 0.3) is 0 Å². The Hall–Kier alpha value is -12.9. The van der Waals surface area contributed by atoms with Crippen LogP contribution in [0, 0.1) is 5.92 Å². The number of aromatic amines is 1. The van der Waals surface area contributed by atoms with Crippen LogP contribution in [0.2, 0.25) is 0 Å². The monoisotopic (exact) mass is 1810 g/mol. The van der Waals surface area contributed by atoms with E-state index < -0.39 is 255 Å². The van der Waals surface area contributed by atoms with Crippen molar-refractivity contribution in [3.63, 3.8) is 0 Å². The molecule has 13 atom stereocenters. The zero-order chi connectivity index (χ0) is 96.2. The fraction of sp³-hybridized carbons (Fsp3) is 0.575. The Balaban J connectivity index is 1.84. The number of aromatic nitrogens is 1. The van der Waals surface area contributed by atoms with Gasteiger partial charge in [0.2, 0.25) is 106 Å². The number of aliphatic carboxylic acids is 1. The van der Waals surface area contributed by atoms with E-state index in [-0.39, 0.29) is 43.5 Å². The minimum absolute atomic E-state index is 0.00452. The number of primary amides is 1. The standard InChI is InChI=1S/C80H123N21O27/c1-13-14-15-16-17-18-19-30-61(106)89-52(33-46-39-84-50-28-23-21-25-47(46)50)74(117)92-53(35-60(83)105)75(118)94-56(38-67(112)101(8)128-12)76(119)97-69(45(4)103)78(121)86-41-62(107)88-51(29-24-31-81)72(115)93-55(37-66(111)100(7)127-11)73(116)87-44(3)70(113)91-54(36-65(110)99(6)126-10)71(114)85-40-63(108)90-58(42-102)77(120)96-68(43(2)32-64(109)98(5)125-9)79(122)95-57(80(123)124)34-59(104)48-26-20-22-27-49(48)82/h20-23,25-28,39,43-45,51-58,68-69,84,102-103H,13-19,24,29-38,40-42,81-82H2,1-12H3,(H2,83,105)(H,85,114)(H,86,121)(H,87,116)(H,88,107)(H,89,106)(H,90,108)(H,91,113)(H,92,117)(H,93,115)(H,94,118)(H,95,122)(H,96,120)(H,97,119)(H,123,124)/t43-,44-,45-,51+,52+,53-,54+,55+,56+,57+,58-,68+,69+/m1/s1. The number of aliphatic hydroxyl groups excluding tert-OH is 2. The van der Waals surface area contributed by atoms with Gasteiger partial charge in [-0.1, -0.05) is 82.7 Å². The molecule has 0 aliphatic carbocycles. The van der Waals surface area contributed by atoms with Gasteiger partial charge >= 0.3 is 5.97 Å². The van der Waals surface area contributed by atoms with Gasteiger partial charge in [-0.25, -0.2) is 25.0 Å². The number of fused-ring (bicyclic) bond motifs is 1. The van der Waals surface area contributed by atoms with Crippen LogP contribution in [-0.4, -0.2) is 314 Å². The Bertz CT molecular complexity index is 4340. The molecule has 18 amide bonds. The molecule has 3 aromatic rings. The highest BCUT2D eigenvalue weighted by atomic mass is 16.7. The van der Waals surface area contributed by atoms with Crippen LogP contribution < -0.4 is 86.3 Å². The fourth-order valence-corrected chi connectivity index (χ4v) is 12.3. The summed E-state index contributed by atoms with van der Waals surface area (Å²) < 4.78 is 0. The van der Waals surface area contributed by atoms with Crippen molar-refractivity contribution in [1.82, 2.24) is 94.4 Å². The van der Waals surface area contributed by atoms with Crippen LogP contribution in [0.3, 0.4) is 0 Å². The second kappa shape index (κ2) is 56.2. The fourth-order valence-electron chi connectivity index (χ4n) is 12.3. The number of amides is 18. The molecular formula is C80H123N21O27. The molecule has 0 fully saturated rings. The number of nitrogens with zero attached hydrogens (tertiary/aromatic N) is 4. The quantitative estimate of drug-likeness (QED) is 0.0108. The molecule has 128 heavy (non-hydrogen) atoms. The minimum Gasteiger partial charge on any atom is -0.480 e. The van der Waals surface area contributed by atoms with Gasteiger partial charge in [0.05, 0.1) is 79.9 Å². The van der Waals surface area contributed by atoms with Crippen molar-refractivity contribution in [2.45, 2.75) is 209 Å². The molecule has 1 aromatic heterocycles. The average Bonchev–Trinajstić information content (AvgIpc) is 1.54. The van der Waals surface area contributed by atoms with Gasteiger partial charge in [0, 0.05) is 82.2 Å². The first-order chi connectivity index (χ1) is 60.5. The van der Waals surface area contributed by atoms with Crippen molar-refractivity contribution in [3.05, 3.63) is 65.9 Å². The molecule has 0 bridgehead atoms. The number of anilines is 1. The Morgan fingerprint density at radius 2 is 0.875 bits per heavy atom. The molecule has 3 rings (SSSR count). The van der Waals surface area contributed by atoms with Crippen LogP contribution in [0.5, 0.6) is 0 Å². The Labute approximate surface area is 738 Å². The molecule has 0 unspecified atom stereocenters. The number of carbonyl (C=O) groups is 20. The van der Waals surface area contributed by atoms with E-state index in [1.165, 1.54) is 38.2 Å². The summed E-state index contributed by atoms with van der Waals surface area (Å²) in [6, 6.07) is -7.47. The molecule has 0 aliphatic rings. The molecular weight excluding hydrogens is 1690 g/mol. The predicted molar refractivity (Wildman–Crippen MR) is 453 cm³/mol. The van der Waals surface area contributed by atoms with E-state index in [1.807, 2.05) is 0 Å². The number of aliphatic hydroxyl groups is 2. The van der Waals surface area contributed by atoms with Crippen LogP contribution in [0.15, 0.2) is 54.7 Å². The SMILES string of the molecule is CCCCCCCCCC(=O)N[C@@H](Cc1c[nH]c2ccccc12)C(=O)N[C@H](CC(N)=O)C(=O)N[C@@H](CC(=O)N(C)OC)C(=O)N[C@H](C(=O)NCC(=O)N[C@@H](CCCN)C(=O)N[C@@H](CC(=O)N(C)OC)C(=O)N[C@H](C)C(=O)N[C@@H](CC(=O)N(C)OC)C(=O)NCC(=O)N[C@H](CO)C(=O)N[C@H](C(=O)N[C@@H](CC(=O)c1ccccc1N)C(=O)O)[C@H](C)CC(=O)N(C)OC)[C@@H](C)O. The molecule has 0 spiro atoms. The van der Waals surface area contributed by atoms with Crippen LogP contribution in [0.1, 0.15) is 146 Å². The van der Waals surface area contributed by atoms with Gasteiger partial charge in [-0.3, -0.25) is 110 Å². The lowest BCUT2D eigenvalue weighted by Crippen LogP contribution is -2.61. The summed E-state index contributed by atoms with van der Waals surface area (Å²) in [5.41, 5.74) is 18.5. The number of ketones is 1. The molecule has 48 heteroatoms. The number of hydrogen-bond donors (Lipinski definition) is 20. The number of hydrogen-bond acceptors (Lipinski definition) is 28. The maximum absolute atomic E-state index is 14.4. The summed E-state index contributed by atoms with van der Waals surface area (Å²) in [7, 11) is 9.03. The normalized spacial score (nSPS) is 14.1. The van der Waals surface area contributed by atoms with Crippen molar-refractivity contribution in [1.29, 1.82) is 0 Å². The lowest BCUT2D eigenvalue weighted by Gasteiger charge is -2.28. The van der Waals surface area contributed by atoms with Gasteiger partial charge in [-0.2, -0.15) is 0 Å². The summed E-state index contributed by atoms with van der Waals surface area (Å²) in [6.07, 6.45) is 0.720. The van der Waals surface area contributed by atoms with Crippen molar-refractivity contribution in [2.24, 2.45) is 17.4 Å². The van der Waals surface area contributed by atoms with Crippen molar-refractivity contribution < 1.29 is 131 Å². The van der Waals surface area contributed by atoms with Gasteiger partial charge in [0.1, 0.15) is 66.5 Å². The van der Waals surface area contributed by atoms with Crippen LogP contribution in [0.4, 0.5) is 5.69 Å². The summed E-state index contributed by atoms with van der Waals surface area (Å²) in [5.74, 6) is -23.7. The van der Waals surface area contributed by atoms with Gasteiger partial charge in [-0.15, -0.1) is 0 Å². The van der Waals surface area contributed by atoms with E-state index in [0.29, 0.717) is 38.1 Å². The molecule has 1 heterocycles.